The molecule has 8 bridgehead atoms. The molecule has 4 aliphatic carbocycles. The highest BCUT2D eigenvalue weighted by atomic mass is 28.3. The monoisotopic (exact) mass is 946 g/mol. The van der Waals surface area contributed by atoms with Crippen LogP contribution in [0.1, 0.15) is 250 Å². The number of aromatic nitrogens is 4. The average Bonchev–Trinajstić information content (AvgIpc) is 4.17. The molecule has 69 heavy (non-hydrogen) atoms. The summed E-state index contributed by atoms with van der Waals surface area (Å²) in [6, 6.07) is 10.8. The summed E-state index contributed by atoms with van der Waals surface area (Å²) in [6.45, 7) is 29.4. The largest absolute Gasteiger partial charge is 0.362 e. The molecular weight excluding hydrogens is 855 g/mol. The number of H-pyrrole nitrogens is 2. The number of nitrogens with zero attached hydrogens (tertiary/aromatic N) is 3. The van der Waals surface area contributed by atoms with Crippen LogP contribution in [0.25, 0.3) is 46.4 Å². The van der Waals surface area contributed by atoms with Crippen LogP contribution in [0.2, 0.25) is 16.6 Å². The van der Waals surface area contributed by atoms with Gasteiger partial charge in [0.15, 0.2) is 0 Å². The second kappa shape index (κ2) is 20.4. The number of nitrogens with one attached hydrogen (secondary N) is 2. The summed E-state index contributed by atoms with van der Waals surface area (Å²) in [4.78, 5) is 22.9. The third-order valence-corrected chi connectivity index (χ3v) is 25.3. The number of rotatable bonds is 8. The second-order valence-electron chi connectivity index (χ2n) is 26.0. The summed E-state index contributed by atoms with van der Waals surface area (Å²) >= 11 is 0. The summed E-state index contributed by atoms with van der Waals surface area (Å²) in [6.07, 6.45) is 32.0. The van der Waals surface area contributed by atoms with E-state index in [2.05, 4.69) is 158 Å². The van der Waals surface area contributed by atoms with Gasteiger partial charge in [0.05, 0.1) is 45.1 Å². The van der Waals surface area contributed by atoms with Crippen LogP contribution in [0.5, 0.6) is 0 Å². The molecule has 0 unspecified atom stereocenters. The van der Waals surface area contributed by atoms with E-state index in [0.29, 0.717) is 51.4 Å². The lowest BCUT2D eigenvalue weighted by Gasteiger charge is -2.48. The lowest BCUT2D eigenvalue weighted by atomic mass is 9.69. The van der Waals surface area contributed by atoms with Crippen LogP contribution >= 0.6 is 0 Å². The van der Waals surface area contributed by atoms with Gasteiger partial charge in [0.2, 0.25) is 0 Å². The standard InChI is InChI=1S/C63H91N5Si/c1-41(2)69(42(3)4,43(5)6)40-39-50-51-31-33-53(64-51)59(44-19-15-13-16-20-44)55-35-37-57(66-55)61(58-38-36-56(67-58)60(45-21-17-14-18-22-45)54-34-32-52(50)65-54)68(48-27-23-46(24-28-48)62(7,8)9)49-29-25-47(26-30-49)63(10,11)12/h31-38,41-49,66-67H,13-30H2,1-12H3. The molecule has 4 saturated carbocycles. The Labute approximate surface area is 420 Å². The number of hydrogen-bond acceptors (Lipinski definition) is 3. The molecule has 2 N–H and O–H groups in total. The average molecular weight is 947 g/mol. The van der Waals surface area contributed by atoms with Crippen LogP contribution < -0.4 is 4.90 Å². The summed E-state index contributed by atoms with van der Waals surface area (Å²) in [7, 11) is -2.06. The van der Waals surface area contributed by atoms with E-state index in [1.807, 2.05) is 0 Å². The molecule has 0 amide bonds. The van der Waals surface area contributed by atoms with Crippen molar-refractivity contribution in [1.29, 1.82) is 0 Å². The van der Waals surface area contributed by atoms with Crippen LogP contribution in [0.15, 0.2) is 24.3 Å². The van der Waals surface area contributed by atoms with Gasteiger partial charge in [0.25, 0.3) is 0 Å². The van der Waals surface area contributed by atoms with Gasteiger partial charge in [-0.3, -0.25) is 0 Å². The molecule has 0 aromatic carbocycles. The fraction of sp³-hybridized carbons (Fsp3) is 0.651. The summed E-state index contributed by atoms with van der Waals surface area (Å²) in [5.41, 5.74) is 20.8. The zero-order valence-corrected chi connectivity index (χ0v) is 46.4. The Morgan fingerprint density at radius 3 is 1.22 bits per heavy atom. The zero-order chi connectivity index (χ0) is 48.8. The van der Waals surface area contributed by atoms with Gasteiger partial charge in [0.1, 0.15) is 8.07 Å². The van der Waals surface area contributed by atoms with Crippen molar-refractivity contribution in [3.05, 3.63) is 63.7 Å². The normalized spacial score (nSPS) is 23.2. The van der Waals surface area contributed by atoms with Crippen LogP contribution in [0.3, 0.4) is 0 Å². The Balaban J connectivity index is 1.34. The first kappa shape index (κ1) is 50.1. The fourth-order valence-corrected chi connectivity index (χ4v) is 20.2. The molecule has 9 rings (SSSR count). The van der Waals surface area contributed by atoms with E-state index in [1.54, 1.807) is 0 Å². The molecule has 6 heteroatoms. The van der Waals surface area contributed by atoms with Crippen molar-refractivity contribution >= 4 is 60.1 Å². The summed E-state index contributed by atoms with van der Waals surface area (Å²) < 4.78 is 0. The van der Waals surface area contributed by atoms with Gasteiger partial charge in [-0.25, -0.2) is 9.97 Å². The van der Waals surface area contributed by atoms with Crippen molar-refractivity contribution < 1.29 is 0 Å². The highest BCUT2D eigenvalue weighted by Gasteiger charge is 2.42. The first-order valence-corrected chi connectivity index (χ1v) is 30.6. The minimum atomic E-state index is -2.06. The lowest BCUT2D eigenvalue weighted by molar-refractivity contribution is 0.147. The van der Waals surface area contributed by atoms with E-state index in [-0.39, 0.29) is 0 Å². The van der Waals surface area contributed by atoms with Gasteiger partial charge in [-0.05, 0) is 177 Å². The molecule has 0 atom stereocenters. The Hall–Kier alpha value is -3.82. The summed E-state index contributed by atoms with van der Waals surface area (Å²) in [5.74, 6) is 6.39. The maximum absolute atomic E-state index is 5.70. The van der Waals surface area contributed by atoms with E-state index in [0.717, 1.165) is 40.2 Å². The van der Waals surface area contributed by atoms with Crippen molar-refractivity contribution in [3.63, 3.8) is 0 Å². The molecule has 372 valence electrons. The van der Waals surface area contributed by atoms with Gasteiger partial charge in [-0.15, -0.1) is 5.54 Å². The van der Waals surface area contributed by atoms with Crippen molar-refractivity contribution in [1.82, 2.24) is 19.9 Å². The van der Waals surface area contributed by atoms with Crippen molar-refractivity contribution in [2.24, 2.45) is 22.7 Å². The Morgan fingerprint density at radius 1 is 0.493 bits per heavy atom. The maximum Gasteiger partial charge on any atom is 0.146 e. The number of hydrogen-bond donors (Lipinski definition) is 2. The molecule has 6 aliphatic rings. The molecule has 0 spiro atoms. The molecule has 2 aliphatic heterocycles. The van der Waals surface area contributed by atoms with E-state index >= 15 is 0 Å². The highest BCUT2D eigenvalue weighted by Crippen LogP contribution is 2.48. The first-order chi connectivity index (χ1) is 32.9. The number of anilines is 1. The Kier molecular flexibility index (Phi) is 14.8. The van der Waals surface area contributed by atoms with Gasteiger partial charge in [-0.2, -0.15) is 0 Å². The molecular formula is C63H91N5Si. The molecule has 5 nitrogen and oxygen atoms in total. The molecule has 0 radical (unpaired) electrons. The Morgan fingerprint density at radius 2 is 0.855 bits per heavy atom. The second-order valence-corrected chi connectivity index (χ2v) is 31.6. The third kappa shape index (κ3) is 10.2. The maximum atomic E-state index is 5.70. The van der Waals surface area contributed by atoms with Crippen molar-refractivity contribution in [2.75, 3.05) is 4.90 Å². The SMILES string of the molecule is CC(C)[Si](C#Cc1c2nc(c(C3CCCCC3)c3ccc([nH]3)c(N(C3CCC(C(C)(C)C)CC3)C3CCC(C(C)(C)C)CC3)c3ccc([nH]3)c(C3CCCCC3)c3nc1C=C3)C=C2)(C(C)C)C(C)C. The van der Waals surface area contributed by atoms with Gasteiger partial charge in [-0.1, -0.05) is 128 Å². The predicted octanol–water partition coefficient (Wildman–Crippen LogP) is 18.3. The number of fused-ring (bicyclic) bond motifs is 8. The minimum absolute atomic E-state index is 0.339. The first-order valence-electron chi connectivity index (χ1n) is 28.4. The minimum Gasteiger partial charge on any atom is -0.362 e. The predicted molar refractivity (Wildman–Crippen MR) is 301 cm³/mol. The van der Waals surface area contributed by atoms with E-state index in [4.69, 9.17) is 9.97 Å². The van der Waals surface area contributed by atoms with Gasteiger partial charge >= 0.3 is 0 Å². The molecule has 4 fully saturated rings. The van der Waals surface area contributed by atoms with Gasteiger partial charge in [0, 0.05) is 34.2 Å². The zero-order valence-electron chi connectivity index (χ0n) is 45.4. The van der Waals surface area contributed by atoms with E-state index in [1.165, 1.54) is 154 Å². The van der Waals surface area contributed by atoms with Crippen molar-refractivity contribution in [3.8, 4) is 11.5 Å². The highest BCUT2D eigenvalue weighted by molar-refractivity contribution is 6.90. The van der Waals surface area contributed by atoms with Crippen LogP contribution in [0, 0.1) is 34.1 Å². The van der Waals surface area contributed by atoms with Crippen LogP contribution in [-0.4, -0.2) is 40.1 Å². The van der Waals surface area contributed by atoms with Gasteiger partial charge < -0.3 is 14.9 Å². The quantitative estimate of drug-likeness (QED) is 0.120. The molecule has 3 aromatic heterocycles. The topological polar surface area (TPSA) is 60.6 Å². The van der Waals surface area contributed by atoms with E-state index < -0.39 is 8.07 Å². The molecule has 3 aromatic rings. The third-order valence-electron chi connectivity index (χ3n) is 19.0. The summed E-state index contributed by atoms with van der Waals surface area (Å²) in [5, 5.41) is 0. The lowest BCUT2D eigenvalue weighted by Crippen LogP contribution is -2.48. The van der Waals surface area contributed by atoms with E-state index in [9.17, 15) is 0 Å². The molecule has 0 saturated heterocycles. The number of aromatic amines is 2. The fourth-order valence-electron chi connectivity index (χ4n) is 15.0. The molecule has 5 heterocycles. The van der Waals surface area contributed by atoms with Crippen molar-refractivity contribution in [2.45, 2.75) is 239 Å². The Bertz CT molecular complexity index is 2410. The van der Waals surface area contributed by atoms with Crippen LogP contribution in [0.4, 0.5) is 5.69 Å². The van der Waals surface area contributed by atoms with Crippen LogP contribution in [-0.2, 0) is 0 Å². The smallest absolute Gasteiger partial charge is 0.146 e.